The minimum atomic E-state index is -0.904. The molecular weight excluding hydrogens is 274 g/mol. The van der Waals surface area contributed by atoms with Crippen LogP contribution < -0.4 is 10.6 Å². The summed E-state index contributed by atoms with van der Waals surface area (Å²) in [6.07, 6.45) is -0.461. The van der Waals surface area contributed by atoms with Gasteiger partial charge in [-0.25, -0.2) is 0 Å². The molecule has 1 aliphatic heterocycles. The van der Waals surface area contributed by atoms with Crippen molar-refractivity contribution in [2.24, 2.45) is 5.73 Å². The number of primary amides is 1. The van der Waals surface area contributed by atoms with Crippen molar-refractivity contribution < 1.29 is 19.4 Å². The van der Waals surface area contributed by atoms with Gasteiger partial charge >= 0.3 is 5.97 Å². The van der Waals surface area contributed by atoms with E-state index in [1.165, 1.54) is 0 Å². The molecule has 1 amide bonds. The van der Waals surface area contributed by atoms with Gasteiger partial charge < -0.3 is 20.5 Å². The number of nitrogens with zero attached hydrogens (tertiary/aromatic N) is 2. The van der Waals surface area contributed by atoms with E-state index in [1.54, 1.807) is 13.0 Å². The minimum Gasteiger partial charge on any atom is -0.481 e. The summed E-state index contributed by atoms with van der Waals surface area (Å²) < 4.78 is 5.45. The summed E-state index contributed by atoms with van der Waals surface area (Å²) in [7, 11) is 0. The lowest BCUT2D eigenvalue weighted by atomic mass is 10.1. The van der Waals surface area contributed by atoms with Crippen LogP contribution in [0.1, 0.15) is 28.2 Å². The number of aryl methyl sites for hydroxylation is 2. The summed E-state index contributed by atoms with van der Waals surface area (Å²) in [5, 5.41) is 8.87. The average Bonchev–Trinajstić information content (AvgIpc) is 2.36. The second-order valence-electron chi connectivity index (χ2n) is 5.14. The molecule has 2 heterocycles. The third-order valence-corrected chi connectivity index (χ3v) is 3.44. The van der Waals surface area contributed by atoms with Gasteiger partial charge in [0.05, 0.1) is 36.1 Å². The summed E-state index contributed by atoms with van der Waals surface area (Å²) in [5.74, 6) is -1.43. The molecule has 1 atom stereocenters. The highest BCUT2D eigenvalue weighted by Gasteiger charge is 2.26. The summed E-state index contributed by atoms with van der Waals surface area (Å²) >= 11 is 0. The molecule has 0 aromatic carbocycles. The zero-order valence-corrected chi connectivity index (χ0v) is 12.1. The normalized spacial score (nSPS) is 18.6. The van der Waals surface area contributed by atoms with E-state index >= 15 is 0 Å². The van der Waals surface area contributed by atoms with Crippen molar-refractivity contribution in [2.45, 2.75) is 26.4 Å². The van der Waals surface area contributed by atoms with Gasteiger partial charge in [-0.05, 0) is 19.9 Å². The van der Waals surface area contributed by atoms with Crippen molar-refractivity contribution >= 4 is 17.6 Å². The number of nitrogens with two attached hydrogens (primary N) is 1. The molecule has 3 N–H and O–H groups in total. The van der Waals surface area contributed by atoms with Gasteiger partial charge in [0.2, 0.25) is 0 Å². The van der Waals surface area contributed by atoms with E-state index in [2.05, 4.69) is 4.98 Å². The van der Waals surface area contributed by atoms with Crippen LogP contribution in [0.25, 0.3) is 0 Å². The Kier molecular flexibility index (Phi) is 4.42. The van der Waals surface area contributed by atoms with Crippen LogP contribution in [0.3, 0.4) is 0 Å². The SMILES string of the molecule is Cc1cc(N2CCOC(CC(=O)O)C2)c(C(N)=O)c(C)n1. The molecule has 0 saturated carbocycles. The molecule has 0 radical (unpaired) electrons. The predicted molar refractivity (Wildman–Crippen MR) is 76.4 cm³/mol. The van der Waals surface area contributed by atoms with E-state index in [0.29, 0.717) is 36.6 Å². The van der Waals surface area contributed by atoms with Crippen molar-refractivity contribution in [3.63, 3.8) is 0 Å². The maximum Gasteiger partial charge on any atom is 0.306 e. The standard InChI is InChI=1S/C14H19N3O4/c1-8-5-11(13(14(15)20)9(2)16-8)17-3-4-21-10(7-17)6-12(18)19/h5,10H,3-4,6-7H2,1-2H3,(H2,15,20)(H,18,19). The number of anilines is 1. The maximum atomic E-state index is 11.7. The predicted octanol–water partition coefficient (Wildman–Crippen LogP) is 0.477. The topological polar surface area (TPSA) is 106 Å². The summed E-state index contributed by atoms with van der Waals surface area (Å²) in [4.78, 5) is 28.7. The summed E-state index contributed by atoms with van der Waals surface area (Å²) in [5.41, 5.74) is 7.91. The number of pyridine rings is 1. The molecule has 0 aliphatic carbocycles. The van der Waals surface area contributed by atoms with Crippen molar-refractivity contribution in [1.29, 1.82) is 0 Å². The van der Waals surface area contributed by atoms with Gasteiger partial charge in [0.25, 0.3) is 5.91 Å². The molecule has 1 fully saturated rings. The molecule has 1 saturated heterocycles. The van der Waals surface area contributed by atoms with Crippen LogP contribution in [0.15, 0.2) is 6.07 Å². The van der Waals surface area contributed by atoms with Crippen molar-refractivity contribution in [3.05, 3.63) is 23.0 Å². The monoisotopic (exact) mass is 293 g/mol. The zero-order chi connectivity index (χ0) is 15.6. The quantitative estimate of drug-likeness (QED) is 0.836. The zero-order valence-electron chi connectivity index (χ0n) is 12.1. The van der Waals surface area contributed by atoms with Gasteiger partial charge in [-0.2, -0.15) is 0 Å². The maximum absolute atomic E-state index is 11.7. The first-order valence-electron chi connectivity index (χ1n) is 6.75. The number of ether oxygens (including phenoxy) is 1. The lowest BCUT2D eigenvalue weighted by molar-refractivity contribution is -0.140. The van der Waals surface area contributed by atoms with Gasteiger partial charge in [0, 0.05) is 18.8 Å². The third-order valence-electron chi connectivity index (χ3n) is 3.44. The number of amides is 1. The molecule has 1 aromatic rings. The van der Waals surface area contributed by atoms with Gasteiger partial charge in [-0.15, -0.1) is 0 Å². The largest absolute Gasteiger partial charge is 0.481 e. The van der Waals surface area contributed by atoms with E-state index in [-0.39, 0.29) is 6.42 Å². The fourth-order valence-electron chi connectivity index (χ4n) is 2.62. The number of carbonyl (C=O) groups is 2. The Morgan fingerprint density at radius 3 is 2.86 bits per heavy atom. The number of carboxylic acids is 1. The first-order valence-corrected chi connectivity index (χ1v) is 6.75. The molecule has 21 heavy (non-hydrogen) atoms. The highest BCUT2D eigenvalue weighted by atomic mass is 16.5. The van der Waals surface area contributed by atoms with Gasteiger partial charge in [-0.1, -0.05) is 0 Å². The van der Waals surface area contributed by atoms with Gasteiger partial charge in [0.15, 0.2) is 0 Å². The molecule has 0 spiro atoms. The van der Waals surface area contributed by atoms with E-state index in [1.807, 2.05) is 11.8 Å². The second kappa shape index (κ2) is 6.09. The smallest absolute Gasteiger partial charge is 0.306 e. The third kappa shape index (κ3) is 3.49. The number of hydrogen-bond acceptors (Lipinski definition) is 5. The molecule has 1 aliphatic rings. The number of morpholine rings is 1. The summed E-state index contributed by atoms with van der Waals surface area (Å²) in [6, 6.07) is 1.80. The molecular formula is C14H19N3O4. The number of hydrogen-bond donors (Lipinski definition) is 2. The Hall–Kier alpha value is -2.15. The number of aliphatic carboxylic acids is 1. The Balaban J connectivity index is 2.32. The lowest BCUT2D eigenvalue weighted by Crippen LogP contribution is -2.44. The van der Waals surface area contributed by atoms with Crippen LogP contribution in [0, 0.1) is 13.8 Å². The molecule has 0 bridgehead atoms. The number of carbonyl (C=O) groups excluding carboxylic acids is 1. The number of aromatic nitrogens is 1. The Labute approximate surface area is 122 Å². The van der Waals surface area contributed by atoms with Crippen LogP contribution in [0.4, 0.5) is 5.69 Å². The van der Waals surface area contributed by atoms with E-state index in [4.69, 9.17) is 15.6 Å². The van der Waals surface area contributed by atoms with Crippen LogP contribution >= 0.6 is 0 Å². The van der Waals surface area contributed by atoms with Crippen molar-refractivity contribution in [1.82, 2.24) is 4.98 Å². The van der Waals surface area contributed by atoms with Gasteiger partial charge in [0.1, 0.15) is 0 Å². The Morgan fingerprint density at radius 1 is 1.52 bits per heavy atom. The Bertz CT molecular complexity index is 574. The van der Waals surface area contributed by atoms with E-state index in [0.717, 1.165) is 5.69 Å². The first-order chi connectivity index (χ1) is 9.88. The Morgan fingerprint density at radius 2 is 2.24 bits per heavy atom. The minimum absolute atomic E-state index is 0.0640. The molecule has 1 aromatic heterocycles. The van der Waals surface area contributed by atoms with Crippen molar-refractivity contribution in [3.8, 4) is 0 Å². The molecule has 7 nitrogen and oxygen atoms in total. The van der Waals surface area contributed by atoms with E-state index < -0.39 is 18.0 Å². The van der Waals surface area contributed by atoms with Gasteiger partial charge in [-0.3, -0.25) is 14.6 Å². The second-order valence-corrected chi connectivity index (χ2v) is 5.14. The molecule has 114 valence electrons. The van der Waals surface area contributed by atoms with Crippen molar-refractivity contribution in [2.75, 3.05) is 24.6 Å². The fraction of sp³-hybridized carbons (Fsp3) is 0.500. The average molecular weight is 293 g/mol. The number of carboxylic acid groups (broad SMARTS) is 1. The molecule has 2 rings (SSSR count). The summed E-state index contributed by atoms with van der Waals surface area (Å²) in [6.45, 7) is 4.99. The van der Waals surface area contributed by atoms with Crippen LogP contribution in [-0.2, 0) is 9.53 Å². The first kappa shape index (κ1) is 15.2. The fourth-order valence-corrected chi connectivity index (χ4v) is 2.62. The van der Waals surface area contributed by atoms with E-state index in [9.17, 15) is 9.59 Å². The highest BCUT2D eigenvalue weighted by Crippen LogP contribution is 2.26. The molecule has 1 unspecified atom stereocenters. The van der Waals surface area contributed by atoms with Crippen LogP contribution in [0.2, 0.25) is 0 Å². The lowest BCUT2D eigenvalue weighted by Gasteiger charge is -2.35. The number of rotatable bonds is 4. The van der Waals surface area contributed by atoms with Crippen LogP contribution in [0.5, 0.6) is 0 Å². The molecule has 7 heteroatoms. The highest BCUT2D eigenvalue weighted by molar-refractivity contribution is 5.99. The van der Waals surface area contributed by atoms with Crippen LogP contribution in [-0.4, -0.2) is 47.8 Å².